The van der Waals surface area contributed by atoms with Crippen molar-refractivity contribution in [2.75, 3.05) is 0 Å². The molecule has 0 amide bonds. The fraction of sp³-hybridized carbons (Fsp3) is 0.190. The number of aryl methyl sites for hydroxylation is 2. The molecule has 5 heteroatoms. The molecule has 0 fully saturated rings. The highest BCUT2D eigenvalue weighted by Gasteiger charge is 1.88. The number of allylic oxidation sites excluding steroid dienone is 1. The van der Waals surface area contributed by atoms with Crippen LogP contribution in [0.25, 0.3) is 12.2 Å². The van der Waals surface area contributed by atoms with Gasteiger partial charge in [-0.15, -0.1) is 0 Å². The highest BCUT2D eigenvalue weighted by atomic mass is 127. The summed E-state index contributed by atoms with van der Waals surface area (Å²) in [4.78, 5) is 9.75. The highest BCUT2D eigenvalue weighted by Crippen LogP contribution is 1.94. The van der Waals surface area contributed by atoms with Gasteiger partial charge >= 0.3 is 0 Å². The van der Waals surface area contributed by atoms with E-state index in [1.807, 2.05) is 84.4 Å². The molecule has 0 N–H and O–H groups in total. The van der Waals surface area contributed by atoms with Crippen LogP contribution in [0.2, 0.25) is 0 Å². The van der Waals surface area contributed by atoms with E-state index in [0.717, 1.165) is 11.1 Å². The molecule has 2 aromatic heterocycles. The van der Waals surface area contributed by atoms with Gasteiger partial charge in [0.15, 0.2) is 24.8 Å². The van der Waals surface area contributed by atoms with E-state index in [-0.39, 0.29) is 29.5 Å². The maximum Gasteiger partial charge on any atom is 0.169 e. The molecule has 4 nitrogen and oxygen atoms in total. The number of carboxylic acids is 1. The molecule has 2 rings (SSSR count). The van der Waals surface area contributed by atoms with Crippen LogP contribution in [0.3, 0.4) is 0 Å². The minimum Gasteiger partial charge on any atom is -1.00 e. The summed E-state index contributed by atoms with van der Waals surface area (Å²) in [5, 5.41) is 9.75. The van der Waals surface area contributed by atoms with E-state index in [4.69, 9.17) is 0 Å². The zero-order valence-corrected chi connectivity index (χ0v) is 18.0. The fourth-order valence-corrected chi connectivity index (χ4v) is 1.42. The van der Waals surface area contributed by atoms with Crippen LogP contribution in [0.5, 0.6) is 0 Å². The normalized spacial score (nSPS) is 9.31. The quantitative estimate of drug-likeness (QED) is 0.332. The predicted octanol–water partition coefficient (Wildman–Crippen LogP) is -0.985. The summed E-state index contributed by atoms with van der Waals surface area (Å²) in [5.41, 5.74) is 2.60. The third-order valence-corrected chi connectivity index (χ3v) is 3.23. The molecule has 140 valence electrons. The van der Waals surface area contributed by atoms with Gasteiger partial charge < -0.3 is 33.9 Å². The highest BCUT2D eigenvalue weighted by molar-refractivity contribution is 5.83. The van der Waals surface area contributed by atoms with Gasteiger partial charge in [0.05, 0.1) is 5.97 Å². The fourth-order valence-electron chi connectivity index (χ4n) is 1.42. The monoisotopic (exact) mass is 466 g/mol. The van der Waals surface area contributed by atoms with Gasteiger partial charge in [0.25, 0.3) is 0 Å². The van der Waals surface area contributed by atoms with Crippen LogP contribution in [-0.4, -0.2) is 5.97 Å². The minimum atomic E-state index is -1.09. The molecule has 26 heavy (non-hydrogen) atoms. The van der Waals surface area contributed by atoms with E-state index in [1.165, 1.54) is 13.0 Å². The summed E-state index contributed by atoms with van der Waals surface area (Å²) in [6.07, 6.45) is 13.2. The second-order valence-corrected chi connectivity index (χ2v) is 5.26. The maximum absolute atomic E-state index is 9.75. The Balaban J connectivity index is 0. The van der Waals surface area contributed by atoms with Crippen LogP contribution >= 0.6 is 0 Å². The Kier molecular flexibility index (Phi) is 15.0. The summed E-state index contributed by atoms with van der Waals surface area (Å²) in [6, 6.07) is 8.08. The Morgan fingerprint density at radius 1 is 0.923 bits per heavy atom. The Morgan fingerprint density at radius 3 is 1.38 bits per heavy atom. The number of hydrogen-bond donors (Lipinski definition) is 0. The largest absolute Gasteiger partial charge is 1.00 e. The molecule has 0 spiro atoms. The molecule has 0 saturated heterocycles. The molecule has 0 radical (unpaired) electrons. The smallest absolute Gasteiger partial charge is 0.169 e. The second-order valence-electron chi connectivity index (χ2n) is 5.26. The van der Waals surface area contributed by atoms with Crippen molar-refractivity contribution in [3.63, 3.8) is 0 Å². The first-order chi connectivity index (χ1) is 11.8. The Morgan fingerprint density at radius 2 is 1.23 bits per heavy atom. The molecule has 2 heterocycles. The van der Waals surface area contributed by atoms with Crippen LogP contribution in [-0.2, 0) is 18.9 Å². The number of aliphatic carboxylic acids is 1. The molecule has 0 aliphatic rings. The van der Waals surface area contributed by atoms with E-state index < -0.39 is 5.97 Å². The van der Waals surface area contributed by atoms with Crippen molar-refractivity contribution in [2.45, 2.75) is 13.8 Å². The summed E-state index contributed by atoms with van der Waals surface area (Å²) < 4.78 is 3.99. The van der Waals surface area contributed by atoms with Gasteiger partial charge in [-0.05, 0) is 30.5 Å². The van der Waals surface area contributed by atoms with Gasteiger partial charge in [-0.3, -0.25) is 0 Å². The van der Waals surface area contributed by atoms with Crippen molar-refractivity contribution in [2.24, 2.45) is 14.1 Å². The molecule has 0 aromatic carbocycles. The number of halogens is 1. The van der Waals surface area contributed by atoms with Crippen LogP contribution in [0.15, 0.2) is 73.9 Å². The second kappa shape index (κ2) is 15.0. The number of rotatable bonds is 3. The van der Waals surface area contributed by atoms with Gasteiger partial charge in [-0.1, -0.05) is 31.4 Å². The number of hydrogen-bond acceptors (Lipinski definition) is 2. The van der Waals surface area contributed by atoms with Crippen LogP contribution in [0, 0.1) is 0 Å². The molecule has 0 aliphatic carbocycles. The van der Waals surface area contributed by atoms with E-state index in [1.54, 1.807) is 6.92 Å². The Bertz CT molecular complexity index is 656. The van der Waals surface area contributed by atoms with E-state index in [0.29, 0.717) is 0 Å². The number of carbonyl (C=O) groups is 1. The lowest BCUT2D eigenvalue weighted by molar-refractivity contribution is -0.671. The lowest BCUT2D eigenvalue weighted by Crippen LogP contribution is -3.00. The van der Waals surface area contributed by atoms with Crippen LogP contribution < -0.4 is 38.2 Å². The van der Waals surface area contributed by atoms with Crippen molar-refractivity contribution in [3.8, 4) is 0 Å². The molecule has 0 bridgehead atoms. The van der Waals surface area contributed by atoms with Gasteiger partial charge in [0.2, 0.25) is 0 Å². The SMILES string of the molecule is C=Cc1cc[n+](C)cc1.C=Cc1cc[n+](C)cc1.CC=C(C)C(=O)[O-].[I-]. The maximum atomic E-state index is 9.75. The Labute approximate surface area is 173 Å². The lowest BCUT2D eigenvalue weighted by Gasteiger charge is -1.96. The van der Waals surface area contributed by atoms with Gasteiger partial charge in [-0.2, -0.15) is 0 Å². The molecular weight excluding hydrogens is 439 g/mol. The molecule has 0 unspecified atom stereocenters. The third kappa shape index (κ3) is 12.1. The summed E-state index contributed by atoms with van der Waals surface area (Å²) in [6.45, 7) is 10.5. The number of carbonyl (C=O) groups excluding carboxylic acids is 1. The van der Waals surface area contributed by atoms with E-state index in [2.05, 4.69) is 13.2 Å². The molecule has 0 saturated carbocycles. The molecule has 0 aliphatic heterocycles. The van der Waals surface area contributed by atoms with Crippen molar-refractivity contribution in [1.82, 2.24) is 0 Å². The standard InChI is InChI=1S/2C8H10N.C5H8O2.HI/c2*1-3-8-4-6-9(2)7-5-8;1-3-4(2)5(6)7;/h2*3-7H,1H2,2H3;3H,1-2H3,(H,6,7);1H/q2*+1;;/p-2. The molecular formula is C21H27IN2O2. The summed E-state index contributed by atoms with van der Waals surface area (Å²) >= 11 is 0. The van der Waals surface area contributed by atoms with Gasteiger partial charge in [0.1, 0.15) is 14.1 Å². The van der Waals surface area contributed by atoms with Crippen molar-refractivity contribution in [1.29, 1.82) is 0 Å². The molecule has 2 aromatic rings. The number of carboxylic acid groups (broad SMARTS) is 1. The first kappa shape index (κ1) is 26.0. The van der Waals surface area contributed by atoms with Crippen molar-refractivity contribution >= 4 is 18.1 Å². The number of aromatic nitrogens is 2. The van der Waals surface area contributed by atoms with Gasteiger partial charge in [0, 0.05) is 24.3 Å². The first-order valence-electron chi connectivity index (χ1n) is 7.83. The van der Waals surface area contributed by atoms with E-state index >= 15 is 0 Å². The van der Waals surface area contributed by atoms with Crippen molar-refractivity contribution in [3.05, 3.63) is 85.0 Å². The zero-order valence-electron chi connectivity index (χ0n) is 15.9. The van der Waals surface area contributed by atoms with Crippen LogP contribution in [0.1, 0.15) is 25.0 Å². The minimum absolute atomic E-state index is 0. The summed E-state index contributed by atoms with van der Waals surface area (Å²) in [5.74, 6) is -1.09. The Hall–Kier alpha value is -2.28. The van der Waals surface area contributed by atoms with Crippen LogP contribution in [0.4, 0.5) is 0 Å². The predicted molar refractivity (Wildman–Crippen MR) is 99.9 cm³/mol. The third-order valence-electron chi connectivity index (χ3n) is 3.23. The average molecular weight is 466 g/mol. The van der Waals surface area contributed by atoms with Crippen molar-refractivity contribution < 1.29 is 43.0 Å². The molecule has 0 atom stereocenters. The van der Waals surface area contributed by atoms with Gasteiger partial charge in [-0.25, -0.2) is 9.13 Å². The number of pyridine rings is 2. The van der Waals surface area contributed by atoms with E-state index in [9.17, 15) is 9.90 Å². The summed E-state index contributed by atoms with van der Waals surface area (Å²) in [7, 11) is 3.99. The zero-order chi connectivity index (χ0) is 19.2. The average Bonchev–Trinajstić information content (AvgIpc) is 2.63. The topological polar surface area (TPSA) is 47.9 Å². The first-order valence-corrected chi connectivity index (χ1v) is 7.83. The number of nitrogens with zero attached hydrogens (tertiary/aromatic N) is 2. The lowest BCUT2D eigenvalue weighted by atomic mass is 10.3.